The maximum atomic E-state index is 11.2. The number of aromatic nitrogens is 9. The zero-order valence-corrected chi connectivity index (χ0v) is 87.2. The van der Waals surface area contributed by atoms with Crippen LogP contribution in [0.2, 0.25) is 0 Å². The summed E-state index contributed by atoms with van der Waals surface area (Å²) in [5.74, 6) is -17.5. The largest absolute Gasteiger partial charge is 3.00 e. The Kier molecular flexibility index (Phi) is 52.8. The quantitative estimate of drug-likeness (QED) is 0.0254. The number of rotatable bonds is 48. The van der Waals surface area contributed by atoms with Gasteiger partial charge in [0.25, 0.3) is 0 Å². The molecule has 12 rings (SSSR count). The van der Waals surface area contributed by atoms with Gasteiger partial charge in [0.2, 0.25) is 0 Å². The Morgan fingerprint density at radius 3 is 0.462 bits per heavy atom. The van der Waals surface area contributed by atoms with Crippen molar-refractivity contribution < 1.29 is 316 Å². The van der Waals surface area contributed by atoms with Crippen LogP contribution in [-0.2, 0) is 96.8 Å². The molecule has 49 heteroatoms. The number of carbonyl (C=O) groups is 12. The van der Waals surface area contributed by atoms with E-state index in [9.17, 15) is 119 Å². The van der Waals surface area contributed by atoms with Gasteiger partial charge >= 0.3 is 198 Å². The second kappa shape index (κ2) is 62.3. The third-order valence-electron chi connectivity index (χ3n) is 19.6. The summed E-state index contributed by atoms with van der Waals surface area (Å²) in [5, 5.41) is 141. The first kappa shape index (κ1) is 123. The molecule has 9 aromatic heterocycles. The van der Waals surface area contributed by atoms with Gasteiger partial charge in [-0.1, -0.05) is 72.8 Å². The molecule has 0 N–H and O–H groups in total. The van der Waals surface area contributed by atoms with Crippen molar-refractivity contribution >= 4 is 141 Å². The molecule has 0 unspecified atom stereocenters. The van der Waals surface area contributed by atoms with Crippen LogP contribution in [0.5, 0.6) is 0 Å². The van der Waals surface area contributed by atoms with Crippen LogP contribution in [-0.4, -0.2) is 240 Å². The van der Waals surface area contributed by atoms with E-state index in [1.54, 1.807) is 182 Å². The molecule has 3 aromatic carbocycles. The fourth-order valence-corrected chi connectivity index (χ4v) is 14.4. The first-order valence-corrected chi connectivity index (χ1v) is 42.8. The van der Waals surface area contributed by atoms with E-state index in [4.69, 9.17) is 15.0 Å². The van der Waals surface area contributed by atoms with Crippen LogP contribution in [0.4, 0.5) is 17.1 Å². The molecule has 0 amide bonds. The van der Waals surface area contributed by atoms with Gasteiger partial charge in [0.15, 0.2) is 0 Å². The van der Waals surface area contributed by atoms with Crippen molar-refractivity contribution in [2.45, 2.75) is 39.3 Å². The Balaban J connectivity index is 0.000000328. The van der Waals surface area contributed by atoms with Crippen LogP contribution in [0.3, 0.4) is 0 Å². The molecule has 0 saturated carbocycles. The van der Waals surface area contributed by atoms with Crippen LogP contribution in [0, 0.1) is 198 Å². The van der Waals surface area contributed by atoms with E-state index >= 15 is 0 Å². The molecule has 42 nitrogen and oxygen atoms in total. The number of carbonyl (C=O) groups excluding carboxylic acids is 12. The molecule has 12 aromatic rings. The maximum Gasteiger partial charge on any atom is 3.00 e. The molecule has 9 heterocycles. The Bertz CT molecular complexity index is 5810. The molecule has 145 heavy (non-hydrogen) atoms. The van der Waals surface area contributed by atoms with E-state index in [0.717, 1.165) is 46.1 Å². The Labute approximate surface area is 1000 Å². The van der Waals surface area contributed by atoms with Crippen molar-refractivity contribution in [2.75, 3.05) is 78.5 Å². The van der Waals surface area contributed by atoms with Crippen LogP contribution in [0.15, 0.2) is 233 Å². The molecule has 0 aliphatic heterocycles. The molecule has 0 atom stereocenters. The number of hydrogen-bond donors (Lipinski definition) is 0. The molecule has 0 aliphatic carbocycles. The predicted molar refractivity (Wildman–Crippen MR) is 484 cm³/mol. The number of aliphatic carboxylic acids is 12. The number of isothiocyanates is 3. The fraction of sp³-hybridized carbons (Fsp3) is 0.188. The number of benzene rings is 3. The van der Waals surface area contributed by atoms with Crippen molar-refractivity contribution in [1.29, 1.82) is 0 Å². The monoisotopic (exact) mass is 2570 g/mol. The summed E-state index contributed by atoms with van der Waals surface area (Å²) in [6.45, 7) is -8.49. The van der Waals surface area contributed by atoms with Gasteiger partial charge in [-0.2, -0.15) is 15.0 Å². The Morgan fingerprint density at radius 1 is 0.200 bits per heavy atom. The standard InChI is InChI=1S/3C32H28N6O8S.4Eu/c3*39-29(40)15-37(16-30(41)42)13-23-3-1-5-25(34-23)27-11-21(20-7-9-22(10-8-20)33-19-47)12-28(36-27)26-6-2-4-24(35-26)14-38(17-31(43)44)18-32(45)46;;;;/h3*1-12H,13-18H2,(H,39,40)(H,41,42)(H,43,44)(H,45,46);;;;/q;;;4*+3/p-12. The zero-order valence-electron chi connectivity index (χ0n) is 75.1. The molecule has 0 bridgehead atoms. The fourth-order valence-electron chi connectivity index (χ4n) is 14.1. The zero-order chi connectivity index (χ0) is 102. The van der Waals surface area contributed by atoms with Gasteiger partial charge in [-0.3, -0.25) is 29.4 Å². The van der Waals surface area contributed by atoms with Crippen molar-refractivity contribution in [3.63, 3.8) is 0 Å². The Hall–Kier alpha value is -10.9. The minimum Gasteiger partial charge on any atom is -0.549 e. The number of carboxylic acids is 12. The molecule has 736 valence electrons. The Morgan fingerprint density at radius 2 is 0.338 bits per heavy atom. The SMILES string of the molecule is O=C([O-])CN(CC(=O)[O-])Cc1cccc(-c2cc(-c3ccc(N=C=S)cc3)cc(-c3cccc(CN(CC(=O)[O-])CC(=O)[O-])n3)n2)n1.O=C([O-])CN(CC(=O)[O-])Cc1cccc(-c2cc(-c3ccc(N=C=S)cc3)cc(-c3cccc(CN(CC(=O)[O-])CC(=O)[O-])n3)n2)n1.O=C([O-])CN(CC(=O)[O-])Cc1cccc(-c2cc(-c3ccc(N=C=S)cc3)cc(-c3cccc(CN(CC(=O)[O-])CC(=O)[O-])n3)n2)n1.[Eu+3].[Eu+3].[Eu+3].[Eu+3]. The van der Waals surface area contributed by atoms with Crippen LogP contribution in [0.25, 0.3) is 102 Å². The van der Waals surface area contributed by atoms with E-state index in [1.807, 2.05) is 36.4 Å². The summed E-state index contributed by atoms with van der Waals surface area (Å²) in [7, 11) is 0. The topological polar surface area (TPSA) is 654 Å². The first-order chi connectivity index (χ1) is 67.4. The number of aliphatic imine (C=N–C) groups is 3. The average molecular weight is 2570 g/mol. The second-order valence-corrected chi connectivity index (χ2v) is 31.1. The summed E-state index contributed by atoms with van der Waals surface area (Å²) in [4.78, 5) is 195. The minimum absolute atomic E-state index is 0. The van der Waals surface area contributed by atoms with Gasteiger partial charge in [-0.25, -0.2) is 44.9 Å². The van der Waals surface area contributed by atoms with Gasteiger partial charge in [0.1, 0.15) is 0 Å². The second-order valence-electron chi connectivity index (χ2n) is 30.5. The average Bonchev–Trinajstić information content (AvgIpc) is 0.800. The van der Waals surface area contributed by atoms with Gasteiger partial charge < -0.3 is 119 Å². The van der Waals surface area contributed by atoms with Gasteiger partial charge in [0, 0.05) is 118 Å². The molecular weight excluding hydrogens is 2490 g/mol. The summed E-state index contributed by atoms with van der Waals surface area (Å²) < 4.78 is 0. The molecule has 0 radical (unpaired) electrons. The molecule has 0 spiro atoms. The summed E-state index contributed by atoms with van der Waals surface area (Å²) in [6.07, 6.45) is 0. The molecular formula is C96H72Eu4N18O24S3. The van der Waals surface area contributed by atoms with Crippen molar-refractivity contribution in [2.24, 2.45) is 15.0 Å². The third-order valence-corrected chi connectivity index (χ3v) is 19.8. The number of carboxylic acid groups (broad SMARTS) is 12. The minimum atomic E-state index is -1.46. The number of nitrogens with zero attached hydrogens (tertiary/aromatic N) is 18. The maximum absolute atomic E-state index is 11.2. The van der Waals surface area contributed by atoms with E-state index in [-0.39, 0.29) is 237 Å². The van der Waals surface area contributed by atoms with Crippen molar-refractivity contribution in [3.8, 4) is 102 Å². The normalized spacial score (nSPS) is 10.6. The van der Waals surface area contributed by atoms with Gasteiger partial charge in [-0.15, -0.1) is 0 Å². The van der Waals surface area contributed by atoms with Crippen molar-refractivity contribution in [3.05, 3.63) is 253 Å². The van der Waals surface area contributed by atoms with E-state index in [2.05, 4.69) is 97.0 Å². The van der Waals surface area contributed by atoms with Gasteiger partial charge in [0.05, 0.1) is 207 Å². The smallest absolute Gasteiger partial charge is 0.549 e. The van der Waals surface area contributed by atoms with Crippen LogP contribution >= 0.6 is 36.7 Å². The summed E-state index contributed by atoms with van der Waals surface area (Å²) >= 11 is 14.1. The summed E-state index contributed by atoms with van der Waals surface area (Å²) in [5.41, 5.74) is 13.1. The van der Waals surface area contributed by atoms with Gasteiger partial charge in [-0.05, 0) is 216 Å². The van der Waals surface area contributed by atoms with E-state index in [1.165, 1.54) is 0 Å². The van der Waals surface area contributed by atoms with Crippen LogP contribution in [0.1, 0.15) is 34.2 Å². The van der Waals surface area contributed by atoms with Crippen molar-refractivity contribution in [1.82, 2.24) is 74.3 Å². The predicted octanol–water partition coefficient (Wildman–Crippen LogP) is -5.37. The number of hydrogen-bond acceptors (Lipinski definition) is 45. The first-order valence-electron chi connectivity index (χ1n) is 41.6. The molecule has 0 aliphatic rings. The third kappa shape index (κ3) is 42.5. The van der Waals surface area contributed by atoms with Crippen LogP contribution < -0.4 is 61.3 Å². The molecule has 0 fully saturated rings. The number of pyridine rings is 9. The van der Waals surface area contributed by atoms with E-state index < -0.39 is 150 Å². The summed E-state index contributed by atoms with van der Waals surface area (Å²) in [6, 6.07) is 61.8. The number of thiocarbonyl (C=S) groups is 3. The molecule has 0 saturated heterocycles. The van der Waals surface area contributed by atoms with E-state index in [0.29, 0.717) is 136 Å².